The SMILES string of the molecule is CC.CC.Cc1cc(CN2CCCCC2)ns1. The van der Waals surface area contributed by atoms with Crippen LogP contribution in [0.3, 0.4) is 0 Å². The van der Waals surface area contributed by atoms with Gasteiger partial charge in [0.2, 0.25) is 0 Å². The third kappa shape index (κ3) is 6.79. The van der Waals surface area contributed by atoms with Crippen LogP contribution in [0.5, 0.6) is 0 Å². The summed E-state index contributed by atoms with van der Waals surface area (Å²) in [6, 6.07) is 2.21. The Hall–Kier alpha value is -0.410. The second-order valence-corrected chi connectivity index (χ2v) is 4.77. The number of likely N-dealkylation sites (tertiary alicyclic amines) is 1. The Morgan fingerprint density at radius 3 is 2.18 bits per heavy atom. The minimum absolute atomic E-state index is 1.06. The fourth-order valence-corrected chi connectivity index (χ4v) is 2.40. The highest BCUT2D eigenvalue weighted by Gasteiger charge is 2.11. The maximum absolute atomic E-state index is 4.41. The van der Waals surface area contributed by atoms with E-state index in [1.54, 1.807) is 11.5 Å². The molecular weight excluding hydrogens is 228 g/mol. The van der Waals surface area contributed by atoms with Crippen LogP contribution >= 0.6 is 11.5 Å². The highest BCUT2D eigenvalue weighted by molar-refractivity contribution is 7.05. The van der Waals surface area contributed by atoms with Gasteiger partial charge in [0.1, 0.15) is 0 Å². The van der Waals surface area contributed by atoms with Crippen molar-refractivity contribution in [3.8, 4) is 0 Å². The summed E-state index contributed by atoms with van der Waals surface area (Å²) in [5.74, 6) is 0. The maximum atomic E-state index is 4.41. The molecule has 0 aliphatic carbocycles. The number of aryl methyl sites for hydroxylation is 1. The van der Waals surface area contributed by atoms with Crippen LogP contribution in [0.2, 0.25) is 0 Å². The number of hydrogen-bond acceptors (Lipinski definition) is 3. The van der Waals surface area contributed by atoms with E-state index in [1.165, 1.54) is 42.9 Å². The number of aromatic nitrogens is 1. The summed E-state index contributed by atoms with van der Waals surface area (Å²) >= 11 is 1.62. The summed E-state index contributed by atoms with van der Waals surface area (Å²) in [5, 5.41) is 0. The van der Waals surface area contributed by atoms with Crippen LogP contribution in [0.4, 0.5) is 0 Å². The van der Waals surface area contributed by atoms with E-state index in [0.717, 1.165) is 6.54 Å². The van der Waals surface area contributed by atoms with Gasteiger partial charge in [-0.05, 0) is 50.5 Å². The van der Waals surface area contributed by atoms with Crippen LogP contribution in [0, 0.1) is 6.92 Å². The average Bonchev–Trinajstić information content (AvgIpc) is 2.81. The average molecular weight is 256 g/mol. The van der Waals surface area contributed by atoms with Gasteiger partial charge in [0.25, 0.3) is 0 Å². The Kier molecular flexibility index (Phi) is 10.5. The molecular formula is C14H28N2S. The van der Waals surface area contributed by atoms with Crippen molar-refractivity contribution in [3.63, 3.8) is 0 Å². The quantitative estimate of drug-likeness (QED) is 0.775. The lowest BCUT2D eigenvalue weighted by atomic mass is 10.1. The molecule has 0 unspecified atom stereocenters. The number of rotatable bonds is 2. The molecule has 17 heavy (non-hydrogen) atoms. The van der Waals surface area contributed by atoms with Gasteiger partial charge in [0.05, 0.1) is 5.69 Å². The molecule has 0 amide bonds. The molecule has 2 heterocycles. The molecule has 2 nitrogen and oxygen atoms in total. The zero-order chi connectivity index (χ0) is 13.1. The largest absolute Gasteiger partial charge is 0.297 e. The second-order valence-electron chi connectivity index (χ2n) is 3.77. The zero-order valence-corrected chi connectivity index (χ0v) is 12.9. The molecule has 0 atom stereocenters. The van der Waals surface area contributed by atoms with E-state index in [-0.39, 0.29) is 0 Å². The molecule has 1 aliphatic rings. The third-order valence-electron chi connectivity index (χ3n) is 2.51. The molecule has 2 rings (SSSR count). The van der Waals surface area contributed by atoms with E-state index in [2.05, 4.69) is 22.3 Å². The van der Waals surface area contributed by atoms with Gasteiger partial charge in [-0.15, -0.1) is 0 Å². The highest BCUT2D eigenvalue weighted by atomic mass is 32.1. The molecule has 1 fully saturated rings. The van der Waals surface area contributed by atoms with Gasteiger partial charge in [0.15, 0.2) is 0 Å². The van der Waals surface area contributed by atoms with Gasteiger partial charge < -0.3 is 0 Å². The van der Waals surface area contributed by atoms with Crippen molar-refractivity contribution < 1.29 is 0 Å². The molecule has 0 N–H and O–H groups in total. The van der Waals surface area contributed by atoms with Gasteiger partial charge in [0, 0.05) is 11.4 Å². The number of piperidine rings is 1. The fourth-order valence-electron chi connectivity index (χ4n) is 1.84. The molecule has 0 radical (unpaired) electrons. The van der Waals surface area contributed by atoms with Gasteiger partial charge >= 0.3 is 0 Å². The minimum atomic E-state index is 1.06. The summed E-state index contributed by atoms with van der Waals surface area (Å²) < 4.78 is 4.41. The predicted octanol–water partition coefficient (Wildman–Crippen LogP) is 4.49. The Morgan fingerprint density at radius 2 is 1.71 bits per heavy atom. The monoisotopic (exact) mass is 256 g/mol. The minimum Gasteiger partial charge on any atom is -0.297 e. The van der Waals surface area contributed by atoms with E-state index in [9.17, 15) is 0 Å². The molecule has 0 spiro atoms. The topological polar surface area (TPSA) is 16.1 Å². The lowest BCUT2D eigenvalue weighted by molar-refractivity contribution is 0.219. The Balaban J connectivity index is 0.000000581. The first-order valence-corrected chi connectivity index (χ1v) is 7.76. The maximum Gasteiger partial charge on any atom is 0.0685 e. The van der Waals surface area contributed by atoms with Crippen molar-refractivity contribution in [1.82, 2.24) is 9.27 Å². The summed E-state index contributed by atoms with van der Waals surface area (Å²) in [4.78, 5) is 3.84. The van der Waals surface area contributed by atoms with Crippen LogP contribution in [-0.2, 0) is 6.54 Å². The zero-order valence-electron chi connectivity index (χ0n) is 12.1. The lowest BCUT2D eigenvalue weighted by Gasteiger charge is -2.25. The van der Waals surface area contributed by atoms with E-state index in [0.29, 0.717) is 0 Å². The first kappa shape index (κ1) is 16.6. The predicted molar refractivity (Wildman–Crippen MR) is 78.7 cm³/mol. The first-order chi connectivity index (χ1) is 8.34. The molecule has 3 heteroatoms. The normalized spacial score (nSPS) is 15.4. The van der Waals surface area contributed by atoms with Crippen molar-refractivity contribution in [2.75, 3.05) is 13.1 Å². The Bertz CT molecular complexity index is 265. The smallest absolute Gasteiger partial charge is 0.0685 e. The lowest BCUT2D eigenvalue weighted by Crippen LogP contribution is -2.29. The van der Waals surface area contributed by atoms with Crippen molar-refractivity contribution >= 4 is 11.5 Å². The fraction of sp³-hybridized carbons (Fsp3) is 0.786. The van der Waals surface area contributed by atoms with Crippen LogP contribution in [-0.4, -0.2) is 22.4 Å². The van der Waals surface area contributed by atoms with E-state index in [4.69, 9.17) is 0 Å². The number of nitrogens with zero attached hydrogens (tertiary/aromatic N) is 2. The van der Waals surface area contributed by atoms with Gasteiger partial charge in [-0.1, -0.05) is 34.1 Å². The summed E-state index contributed by atoms with van der Waals surface area (Å²) in [7, 11) is 0. The summed E-state index contributed by atoms with van der Waals surface area (Å²) in [6.45, 7) is 13.7. The molecule has 1 aliphatic heterocycles. The van der Waals surface area contributed by atoms with Gasteiger partial charge in [-0.25, -0.2) is 0 Å². The van der Waals surface area contributed by atoms with Crippen molar-refractivity contribution in [2.45, 2.75) is 60.4 Å². The molecule has 0 bridgehead atoms. The first-order valence-electron chi connectivity index (χ1n) is 6.99. The third-order valence-corrected chi connectivity index (χ3v) is 3.24. The van der Waals surface area contributed by atoms with Crippen LogP contribution in [0.25, 0.3) is 0 Å². The van der Waals surface area contributed by atoms with Crippen molar-refractivity contribution in [3.05, 3.63) is 16.6 Å². The van der Waals surface area contributed by atoms with Gasteiger partial charge in [-0.3, -0.25) is 4.90 Å². The Morgan fingerprint density at radius 1 is 1.12 bits per heavy atom. The van der Waals surface area contributed by atoms with Gasteiger partial charge in [-0.2, -0.15) is 4.37 Å². The van der Waals surface area contributed by atoms with Crippen LogP contribution in [0.1, 0.15) is 57.5 Å². The van der Waals surface area contributed by atoms with Crippen LogP contribution in [0.15, 0.2) is 6.07 Å². The van der Waals surface area contributed by atoms with E-state index in [1.807, 2.05) is 27.7 Å². The molecule has 0 saturated carbocycles. The summed E-state index contributed by atoms with van der Waals surface area (Å²) in [5.41, 5.74) is 1.25. The van der Waals surface area contributed by atoms with Crippen molar-refractivity contribution in [1.29, 1.82) is 0 Å². The molecule has 100 valence electrons. The van der Waals surface area contributed by atoms with Crippen molar-refractivity contribution in [2.24, 2.45) is 0 Å². The summed E-state index contributed by atoms with van der Waals surface area (Å²) in [6.07, 6.45) is 4.14. The van der Waals surface area contributed by atoms with E-state index < -0.39 is 0 Å². The standard InChI is InChI=1S/C10H16N2S.2C2H6/c1-9-7-10(11-13-9)8-12-5-3-2-4-6-12;2*1-2/h7H,2-6,8H2,1H3;2*1-2H3. The van der Waals surface area contributed by atoms with E-state index >= 15 is 0 Å². The molecule has 1 aromatic rings. The second kappa shape index (κ2) is 10.7. The molecule has 0 aromatic carbocycles. The molecule has 1 saturated heterocycles. The molecule has 1 aromatic heterocycles. The number of hydrogen-bond donors (Lipinski definition) is 0. The Labute approximate surface area is 111 Å². The van der Waals surface area contributed by atoms with Crippen LogP contribution < -0.4 is 0 Å². The highest BCUT2D eigenvalue weighted by Crippen LogP contribution is 2.14.